The molecule has 0 saturated carbocycles. The highest BCUT2D eigenvalue weighted by Gasteiger charge is 2.15. The topological polar surface area (TPSA) is 41.5 Å². The van der Waals surface area contributed by atoms with E-state index in [0.29, 0.717) is 6.10 Å². The minimum Gasteiger partial charge on any atom is -0.392 e. The van der Waals surface area contributed by atoms with Gasteiger partial charge in [0.05, 0.1) is 12.2 Å². The lowest BCUT2D eigenvalue weighted by molar-refractivity contribution is 0.0994. The third-order valence-electron chi connectivity index (χ3n) is 2.68. The van der Waals surface area contributed by atoms with Gasteiger partial charge < -0.3 is 15.2 Å². The minimum absolute atomic E-state index is 0.182. The van der Waals surface area contributed by atoms with Crippen molar-refractivity contribution < 1.29 is 9.84 Å². The van der Waals surface area contributed by atoms with E-state index in [9.17, 15) is 5.11 Å². The van der Waals surface area contributed by atoms with Crippen LogP contribution in [0.2, 0.25) is 0 Å². The second-order valence-electron chi connectivity index (χ2n) is 3.91. The maximum atomic E-state index is 9.22. The predicted molar refractivity (Wildman–Crippen MR) is 52.7 cm³/mol. The highest BCUT2D eigenvalue weighted by Crippen LogP contribution is 2.14. The van der Waals surface area contributed by atoms with E-state index < -0.39 is 0 Å². The van der Waals surface area contributed by atoms with Crippen molar-refractivity contribution in [1.29, 1.82) is 0 Å². The standard InChI is InChI=1S/C10H21NO2/c1-8(9(2)12)11-6-5-10-4-3-7-13-10/h8-12H,3-7H2,1-2H3. The van der Waals surface area contributed by atoms with Crippen LogP contribution >= 0.6 is 0 Å². The van der Waals surface area contributed by atoms with E-state index in [4.69, 9.17) is 4.74 Å². The molecule has 1 fully saturated rings. The molecule has 1 heterocycles. The van der Waals surface area contributed by atoms with E-state index in [1.165, 1.54) is 12.8 Å². The van der Waals surface area contributed by atoms with Crippen LogP contribution in [0.4, 0.5) is 0 Å². The summed E-state index contributed by atoms with van der Waals surface area (Å²) < 4.78 is 5.49. The number of aliphatic hydroxyl groups is 1. The highest BCUT2D eigenvalue weighted by atomic mass is 16.5. The molecule has 0 aliphatic carbocycles. The van der Waals surface area contributed by atoms with Gasteiger partial charge >= 0.3 is 0 Å². The van der Waals surface area contributed by atoms with E-state index in [-0.39, 0.29) is 12.1 Å². The molecule has 0 aromatic carbocycles. The number of aliphatic hydroxyl groups excluding tert-OH is 1. The molecule has 78 valence electrons. The van der Waals surface area contributed by atoms with Crippen LogP contribution in [0.3, 0.4) is 0 Å². The summed E-state index contributed by atoms with van der Waals surface area (Å²) in [5, 5.41) is 12.5. The molecule has 1 aliphatic rings. The molecule has 0 aromatic rings. The Balaban J connectivity index is 1.99. The molecule has 1 saturated heterocycles. The summed E-state index contributed by atoms with van der Waals surface area (Å²) in [6.45, 7) is 5.68. The van der Waals surface area contributed by atoms with Gasteiger partial charge in [0, 0.05) is 12.6 Å². The summed E-state index contributed by atoms with van der Waals surface area (Å²) in [5.41, 5.74) is 0. The van der Waals surface area contributed by atoms with Gasteiger partial charge in [0.15, 0.2) is 0 Å². The van der Waals surface area contributed by atoms with Crippen molar-refractivity contribution in [3.63, 3.8) is 0 Å². The van der Waals surface area contributed by atoms with Crippen molar-refractivity contribution in [3.05, 3.63) is 0 Å². The Labute approximate surface area is 80.5 Å². The molecule has 1 aliphatic heterocycles. The molecule has 3 heteroatoms. The molecule has 0 amide bonds. The second-order valence-corrected chi connectivity index (χ2v) is 3.91. The number of rotatable bonds is 5. The van der Waals surface area contributed by atoms with Gasteiger partial charge in [0.25, 0.3) is 0 Å². The fraction of sp³-hybridized carbons (Fsp3) is 1.00. The Kier molecular flexibility index (Phi) is 4.70. The molecule has 3 atom stereocenters. The minimum atomic E-state index is -0.274. The smallest absolute Gasteiger partial charge is 0.0662 e. The number of nitrogens with one attached hydrogen (secondary N) is 1. The van der Waals surface area contributed by atoms with Crippen molar-refractivity contribution >= 4 is 0 Å². The van der Waals surface area contributed by atoms with Gasteiger partial charge in [-0.05, 0) is 39.7 Å². The first-order valence-electron chi connectivity index (χ1n) is 5.23. The molecule has 3 unspecified atom stereocenters. The third-order valence-corrected chi connectivity index (χ3v) is 2.68. The van der Waals surface area contributed by atoms with Crippen molar-refractivity contribution in [1.82, 2.24) is 5.32 Å². The average Bonchev–Trinajstić information content (AvgIpc) is 2.56. The van der Waals surface area contributed by atoms with Crippen molar-refractivity contribution in [2.24, 2.45) is 0 Å². The van der Waals surface area contributed by atoms with Gasteiger partial charge in [0.1, 0.15) is 0 Å². The molecular weight excluding hydrogens is 166 g/mol. The molecular formula is C10H21NO2. The lowest BCUT2D eigenvalue weighted by atomic mass is 10.1. The van der Waals surface area contributed by atoms with Crippen LogP contribution in [0.15, 0.2) is 0 Å². The van der Waals surface area contributed by atoms with Crippen molar-refractivity contribution in [2.75, 3.05) is 13.2 Å². The van der Waals surface area contributed by atoms with Crippen molar-refractivity contribution in [3.8, 4) is 0 Å². The first kappa shape index (κ1) is 11.0. The predicted octanol–water partition coefficient (Wildman–Crippen LogP) is 0.914. The molecule has 0 aromatic heterocycles. The van der Waals surface area contributed by atoms with Crippen molar-refractivity contribution in [2.45, 2.75) is 51.4 Å². The zero-order valence-electron chi connectivity index (χ0n) is 8.62. The fourth-order valence-corrected chi connectivity index (χ4v) is 1.51. The Hall–Kier alpha value is -0.120. The highest BCUT2D eigenvalue weighted by molar-refractivity contribution is 4.70. The number of hydrogen-bond acceptors (Lipinski definition) is 3. The summed E-state index contributed by atoms with van der Waals surface area (Å²) in [6.07, 6.45) is 3.65. The molecule has 1 rings (SSSR count). The van der Waals surface area contributed by atoms with Gasteiger partial charge in [-0.15, -0.1) is 0 Å². The van der Waals surface area contributed by atoms with E-state index in [1.807, 2.05) is 13.8 Å². The van der Waals surface area contributed by atoms with Gasteiger partial charge in [0.2, 0.25) is 0 Å². The lowest BCUT2D eigenvalue weighted by Gasteiger charge is -2.17. The van der Waals surface area contributed by atoms with E-state index in [0.717, 1.165) is 19.6 Å². The molecule has 2 N–H and O–H groups in total. The monoisotopic (exact) mass is 187 g/mol. The molecule has 0 spiro atoms. The summed E-state index contributed by atoms with van der Waals surface area (Å²) in [4.78, 5) is 0. The zero-order valence-corrected chi connectivity index (χ0v) is 8.62. The maximum Gasteiger partial charge on any atom is 0.0662 e. The Morgan fingerprint density at radius 1 is 1.54 bits per heavy atom. The van der Waals surface area contributed by atoms with Gasteiger partial charge in [-0.1, -0.05) is 0 Å². The van der Waals surface area contributed by atoms with Crippen LogP contribution in [-0.4, -0.2) is 36.5 Å². The van der Waals surface area contributed by atoms with Crippen LogP contribution in [0.25, 0.3) is 0 Å². The lowest BCUT2D eigenvalue weighted by Crippen LogP contribution is -2.36. The number of ether oxygens (including phenoxy) is 1. The summed E-state index contributed by atoms with van der Waals surface area (Å²) in [7, 11) is 0. The van der Waals surface area contributed by atoms with Gasteiger partial charge in [-0.2, -0.15) is 0 Å². The summed E-state index contributed by atoms with van der Waals surface area (Å²) >= 11 is 0. The zero-order chi connectivity index (χ0) is 9.68. The first-order chi connectivity index (χ1) is 6.20. The summed E-state index contributed by atoms with van der Waals surface area (Å²) in [6, 6.07) is 0.182. The Morgan fingerprint density at radius 3 is 2.85 bits per heavy atom. The second kappa shape index (κ2) is 5.58. The molecule has 3 nitrogen and oxygen atoms in total. The van der Waals surface area contributed by atoms with Crippen LogP contribution in [-0.2, 0) is 4.74 Å². The van der Waals surface area contributed by atoms with E-state index in [2.05, 4.69) is 5.32 Å². The van der Waals surface area contributed by atoms with Crippen LogP contribution in [0.5, 0.6) is 0 Å². The SMILES string of the molecule is CC(O)C(C)NCCC1CCCO1. The quantitative estimate of drug-likeness (QED) is 0.672. The first-order valence-corrected chi connectivity index (χ1v) is 5.23. The fourth-order valence-electron chi connectivity index (χ4n) is 1.51. The average molecular weight is 187 g/mol. The molecule has 0 bridgehead atoms. The third kappa shape index (κ3) is 4.07. The maximum absolute atomic E-state index is 9.22. The normalized spacial score (nSPS) is 27.5. The Bertz CT molecular complexity index is 131. The molecule has 13 heavy (non-hydrogen) atoms. The molecule has 0 radical (unpaired) electrons. The van der Waals surface area contributed by atoms with Gasteiger partial charge in [-0.3, -0.25) is 0 Å². The van der Waals surface area contributed by atoms with Crippen LogP contribution in [0.1, 0.15) is 33.1 Å². The van der Waals surface area contributed by atoms with E-state index >= 15 is 0 Å². The largest absolute Gasteiger partial charge is 0.392 e. The van der Waals surface area contributed by atoms with Crippen LogP contribution < -0.4 is 5.32 Å². The van der Waals surface area contributed by atoms with Gasteiger partial charge in [-0.25, -0.2) is 0 Å². The van der Waals surface area contributed by atoms with Crippen LogP contribution in [0, 0.1) is 0 Å². The Morgan fingerprint density at radius 2 is 2.31 bits per heavy atom. The summed E-state index contributed by atoms with van der Waals surface area (Å²) in [5.74, 6) is 0. The number of hydrogen-bond donors (Lipinski definition) is 2. The van der Waals surface area contributed by atoms with E-state index in [1.54, 1.807) is 0 Å².